The van der Waals surface area contributed by atoms with Crippen LogP contribution in [0.15, 0.2) is 28.7 Å². The van der Waals surface area contributed by atoms with Crippen molar-refractivity contribution >= 4 is 31.9 Å². The first-order chi connectivity index (χ1) is 9.88. The summed E-state index contributed by atoms with van der Waals surface area (Å²) in [5.41, 5.74) is 0.914. The normalized spacial score (nSPS) is 15.2. The summed E-state index contributed by atoms with van der Waals surface area (Å²) in [6.07, 6.45) is 3.33. The van der Waals surface area contributed by atoms with Gasteiger partial charge in [-0.3, -0.25) is 4.79 Å². The standard InChI is InChI=1S/C14H19BrN2O3S/c1-21(19,20)17(12-6-7-12)9-8-16-14(18)10-11-4-2-3-5-13(11)15/h2-5,12H,6-10H2,1H3,(H,16,18). The minimum absolute atomic E-state index is 0.105. The summed E-state index contributed by atoms with van der Waals surface area (Å²) in [7, 11) is -3.19. The summed E-state index contributed by atoms with van der Waals surface area (Å²) in [5.74, 6) is -0.105. The summed E-state index contributed by atoms with van der Waals surface area (Å²) >= 11 is 3.40. The van der Waals surface area contributed by atoms with Crippen LogP contribution >= 0.6 is 15.9 Å². The first kappa shape index (κ1) is 16.5. The molecule has 5 nitrogen and oxygen atoms in total. The van der Waals surface area contributed by atoms with Crippen molar-refractivity contribution in [3.05, 3.63) is 34.3 Å². The van der Waals surface area contributed by atoms with Crippen LogP contribution in [-0.2, 0) is 21.2 Å². The van der Waals surface area contributed by atoms with E-state index in [2.05, 4.69) is 21.2 Å². The highest BCUT2D eigenvalue weighted by atomic mass is 79.9. The van der Waals surface area contributed by atoms with Crippen molar-refractivity contribution in [3.8, 4) is 0 Å². The van der Waals surface area contributed by atoms with Crippen LogP contribution in [0.25, 0.3) is 0 Å². The van der Waals surface area contributed by atoms with E-state index in [9.17, 15) is 13.2 Å². The molecule has 1 N–H and O–H groups in total. The molecule has 0 bridgehead atoms. The molecule has 1 amide bonds. The van der Waals surface area contributed by atoms with E-state index in [1.165, 1.54) is 10.6 Å². The third-order valence-corrected chi connectivity index (χ3v) is 5.45. The Kier molecular flexibility index (Phi) is 5.40. The number of carbonyl (C=O) groups is 1. The predicted molar refractivity (Wildman–Crippen MR) is 85.4 cm³/mol. The molecular formula is C14H19BrN2O3S. The van der Waals surface area contributed by atoms with Crippen LogP contribution in [0.4, 0.5) is 0 Å². The molecule has 0 aromatic heterocycles. The van der Waals surface area contributed by atoms with Crippen molar-refractivity contribution in [2.75, 3.05) is 19.3 Å². The van der Waals surface area contributed by atoms with Gasteiger partial charge in [-0.2, -0.15) is 4.31 Å². The lowest BCUT2D eigenvalue weighted by Gasteiger charge is -2.19. The second-order valence-electron chi connectivity index (χ2n) is 5.22. The van der Waals surface area contributed by atoms with E-state index in [-0.39, 0.29) is 18.4 Å². The van der Waals surface area contributed by atoms with Crippen molar-refractivity contribution < 1.29 is 13.2 Å². The first-order valence-corrected chi connectivity index (χ1v) is 9.49. The smallest absolute Gasteiger partial charge is 0.224 e. The summed E-state index contributed by atoms with van der Waals surface area (Å²) in [6.45, 7) is 0.679. The Morgan fingerprint density at radius 2 is 2.05 bits per heavy atom. The first-order valence-electron chi connectivity index (χ1n) is 6.85. The molecule has 0 spiro atoms. The topological polar surface area (TPSA) is 66.5 Å². The van der Waals surface area contributed by atoms with E-state index in [1.807, 2.05) is 24.3 Å². The number of benzene rings is 1. The average Bonchev–Trinajstić information content (AvgIpc) is 3.20. The van der Waals surface area contributed by atoms with Crippen molar-refractivity contribution in [3.63, 3.8) is 0 Å². The number of hydrogen-bond donors (Lipinski definition) is 1. The number of sulfonamides is 1. The molecule has 1 aliphatic rings. The van der Waals surface area contributed by atoms with Crippen molar-refractivity contribution in [2.45, 2.75) is 25.3 Å². The van der Waals surface area contributed by atoms with Gasteiger partial charge in [0.15, 0.2) is 0 Å². The molecule has 1 aliphatic carbocycles. The molecule has 0 unspecified atom stereocenters. The van der Waals surface area contributed by atoms with Crippen LogP contribution in [0, 0.1) is 0 Å². The van der Waals surface area contributed by atoms with Crippen molar-refractivity contribution in [1.29, 1.82) is 0 Å². The van der Waals surface area contributed by atoms with Crippen molar-refractivity contribution in [2.24, 2.45) is 0 Å². The van der Waals surface area contributed by atoms with Crippen LogP contribution in [-0.4, -0.2) is 44.0 Å². The number of hydrogen-bond acceptors (Lipinski definition) is 3. The molecule has 0 radical (unpaired) electrons. The fourth-order valence-corrected chi connectivity index (χ4v) is 3.76. The Morgan fingerprint density at radius 3 is 2.62 bits per heavy atom. The quantitative estimate of drug-likeness (QED) is 0.786. The number of halogens is 1. The highest BCUT2D eigenvalue weighted by Crippen LogP contribution is 2.28. The molecule has 1 fully saturated rings. The fourth-order valence-electron chi connectivity index (χ4n) is 2.16. The second-order valence-corrected chi connectivity index (χ2v) is 8.01. The van der Waals surface area contributed by atoms with Crippen LogP contribution in [0.2, 0.25) is 0 Å². The second kappa shape index (κ2) is 6.89. The Balaban J connectivity index is 1.80. The van der Waals surface area contributed by atoms with Crippen LogP contribution in [0.5, 0.6) is 0 Å². The van der Waals surface area contributed by atoms with E-state index < -0.39 is 10.0 Å². The maximum atomic E-state index is 11.9. The molecule has 0 saturated heterocycles. The summed E-state index contributed by atoms with van der Waals surface area (Å²) in [6, 6.07) is 7.68. The van der Waals surface area contributed by atoms with Gasteiger partial charge in [0.25, 0.3) is 0 Å². The van der Waals surface area contributed by atoms with Gasteiger partial charge < -0.3 is 5.32 Å². The van der Waals surface area contributed by atoms with Gasteiger partial charge in [-0.25, -0.2) is 8.42 Å². The predicted octanol–water partition coefficient (Wildman–Crippen LogP) is 1.53. The zero-order valence-electron chi connectivity index (χ0n) is 11.9. The van der Waals surface area contributed by atoms with Gasteiger partial charge in [-0.1, -0.05) is 34.1 Å². The Bertz CT molecular complexity index is 614. The lowest BCUT2D eigenvalue weighted by atomic mass is 10.1. The molecule has 116 valence electrons. The Hall–Kier alpha value is -0.920. The molecule has 21 heavy (non-hydrogen) atoms. The number of carbonyl (C=O) groups excluding carboxylic acids is 1. The van der Waals surface area contributed by atoms with E-state index in [1.54, 1.807) is 0 Å². The third kappa shape index (κ3) is 5.09. The van der Waals surface area contributed by atoms with Gasteiger partial charge >= 0.3 is 0 Å². The SMILES string of the molecule is CS(=O)(=O)N(CCNC(=O)Cc1ccccc1Br)C1CC1. The van der Waals surface area contributed by atoms with E-state index >= 15 is 0 Å². The van der Waals surface area contributed by atoms with Gasteiger partial charge in [0.05, 0.1) is 12.7 Å². The van der Waals surface area contributed by atoms with Gasteiger partial charge in [0.1, 0.15) is 0 Å². The maximum absolute atomic E-state index is 11.9. The highest BCUT2D eigenvalue weighted by Gasteiger charge is 2.34. The average molecular weight is 375 g/mol. The number of nitrogens with zero attached hydrogens (tertiary/aromatic N) is 1. The number of rotatable bonds is 7. The summed E-state index contributed by atoms with van der Waals surface area (Å²) in [4.78, 5) is 11.9. The Labute approximate surface area is 133 Å². The zero-order chi connectivity index (χ0) is 15.5. The third-order valence-electron chi connectivity index (χ3n) is 3.34. The summed E-state index contributed by atoms with van der Waals surface area (Å²) < 4.78 is 25.6. The van der Waals surface area contributed by atoms with Gasteiger partial charge in [-0.15, -0.1) is 0 Å². The molecular weight excluding hydrogens is 356 g/mol. The van der Waals surface area contributed by atoms with Gasteiger partial charge in [0, 0.05) is 23.6 Å². The monoisotopic (exact) mass is 374 g/mol. The lowest BCUT2D eigenvalue weighted by Crippen LogP contribution is -2.39. The maximum Gasteiger partial charge on any atom is 0.224 e. The molecule has 1 aromatic rings. The highest BCUT2D eigenvalue weighted by molar-refractivity contribution is 9.10. The molecule has 1 saturated carbocycles. The lowest BCUT2D eigenvalue weighted by molar-refractivity contribution is -0.120. The molecule has 0 heterocycles. The molecule has 1 aromatic carbocycles. The number of nitrogens with one attached hydrogen (secondary N) is 1. The minimum atomic E-state index is -3.19. The minimum Gasteiger partial charge on any atom is -0.354 e. The fraction of sp³-hybridized carbons (Fsp3) is 0.500. The molecule has 0 aliphatic heterocycles. The zero-order valence-corrected chi connectivity index (χ0v) is 14.3. The van der Waals surface area contributed by atoms with E-state index in [0.717, 1.165) is 22.9 Å². The Morgan fingerprint density at radius 1 is 1.38 bits per heavy atom. The molecule has 0 atom stereocenters. The van der Waals surface area contributed by atoms with Gasteiger partial charge in [-0.05, 0) is 24.5 Å². The molecule has 2 rings (SSSR count). The van der Waals surface area contributed by atoms with Crippen molar-refractivity contribution in [1.82, 2.24) is 9.62 Å². The van der Waals surface area contributed by atoms with Gasteiger partial charge in [0.2, 0.25) is 15.9 Å². The van der Waals surface area contributed by atoms with Crippen LogP contribution in [0.3, 0.4) is 0 Å². The number of amides is 1. The summed E-state index contributed by atoms with van der Waals surface area (Å²) in [5, 5.41) is 2.78. The van der Waals surface area contributed by atoms with E-state index in [0.29, 0.717) is 13.1 Å². The van der Waals surface area contributed by atoms with Crippen LogP contribution < -0.4 is 5.32 Å². The van der Waals surface area contributed by atoms with E-state index in [4.69, 9.17) is 0 Å². The molecule has 7 heteroatoms. The largest absolute Gasteiger partial charge is 0.354 e. The van der Waals surface area contributed by atoms with Crippen LogP contribution in [0.1, 0.15) is 18.4 Å².